The number of nitrogens with zero attached hydrogens (tertiary/aromatic N) is 2. The Morgan fingerprint density at radius 2 is 2.29 bits per heavy atom. The van der Waals surface area contributed by atoms with Crippen LogP contribution >= 0.6 is 0 Å². The second kappa shape index (κ2) is 4.23. The molecule has 5 nitrogen and oxygen atoms in total. The van der Waals surface area contributed by atoms with Crippen LogP contribution in [0.4, 0.5) is 10.5 Å². The number of rotatable bonds is 2. The molecule has 86 valence electrons. The van der Waals surface area contributed by atoms with Crippen molar-refractivity contribution >= 4 is 28.8 Å². The number of aryl methyl sites for hydroxylation is 1. The Kier molecular flexibility index (Phi) is 2.77. The number of carbonyl (C=O) groups is 1. The van der Waals surface area contributed by atoms with Crippen molar-refractivity contribution in [2.45, 2.75) is 13.3 Å². The minimum atomic E-state index is -1.10. The fraction of sp³-hybridized carbons (Fsp3) is 0.167. The average Bonchev–Trinajstić information content (AvgIpc) is 2.68. The Morgan fingerprint density at radius 3 is 2.88 bits per heavy atom. The highest BCUT2D eigenvalue weighted by Gasteiger charge is 2.12. The van der Waals surface area contributed by atoms with E-state index in [1.54, 1.807) is 12.1 Å². The third-order valence-electron chi connectivity index (χ3n) is 2.63. The molecule has 0 amide bonds. The Balaban J connectivity index is 2.80. The van der Waals surface area contributed by atoms with Crippen LogP contribution in [0.25, 0.3) is 10.9 Å². The van der Waals surface area contributed by atoms with Gasteiger partial charge in [0.05, 0.1) is 5.52 Å². The zero-order valence-electron chi connectivity index (χ0n) is 9.17. The van der Waals surface area contributed by atoms with Gasteiger partial charge in [-0.1, -0.05) is 19.1 Å². The van der Waals surface area contributed by atoms with Gasteiger partial charge in [0.25, 0.3) is 0 Å². The molecule has 2 aromatic rings. The molecule has 0 aliphatic heterocycles. The summed E-state index contributed by atoms with van der Waals surface area (Å²) in [5.41, 5.74) is 1.88. The SMILES string of the molecule is CCc1ccc2c(N=C=O)cn(C(=O)O)c2c1. The van der Waals surface area contributed by atoms with E-state index in [1.165, 1.54) is 12.3 Å². The Bertz CT molecular complexity index is 636. The first kappa shape index (κ1) is 11.1. The number of isocyanates is 1. The molecule has 0 bridgehead atoms. The van der Waals surface area contributed by atoms with Crippen LogP contribution in [-0.2, 0) is 11.2 Å². The molecule has 2 rings (SSSR count). The molecule has 0 aliphatic carbocycles. The molecule has 1 N–H and O–H groups in total. The van der Waals surface area contributed by atoms with E-state index in [2.05, 4.69) is 4.99 Å². The van der Waals surface area contributed by atoms with Crippen LogP contribution in [0.3, 0.4) is 0 Å². The first-order valence-corrected chi connectivity index (χ1v) is 5.12. The third-order valence-corrected chi connectivity index (χ3v) is 2.63. The lowest BCUT2D eigenvalue weighted by atomic mass is 10.1. The third kappa shape index (κ3) is 1.84. The number of carbonyl (C=O) groups excluding carboxylic acids is 1. The van der Waals surface area contributed by atoms with Crippen LogP contribution in [0.5, 0.6) is 0 Å². The van der Waals surface area contributed by atoms with Crippen LogP contribution in [0.2, 0.25) is 0 Å². The van der Waals surface area contributed by atoms with Gasteiger partial charge < -0.3 is 5.11 Å². The van der Waals surface area contributed by atoms with Crippen LogP contribution < -0.4 is 0 Å². The fourth-order valence-corrected chi connectivity index (χ4v) is 1.77. The van der Waals surface area contributed by atoms with E-state index in [0.29, 0.717) is 16.6 Å². The van der Waals surface area contributed by atoms with E-state index in [9.17, 15) is 9.59 Å². The van der Waals surface area contributed by atoms with Crippen molar-refractivity contribution in [3.63, 3.8) is 0 Å². The summed E-state index contributed by atoms with van der Waals surface area (Å²) in [6, 6.07) is 5.44. The van der Waals surface area contributed by atoms with Crippen LogP contribution in [0.15, 0.2) is 29.4 Å². The number of carboxylic acid groups (broad SMARTS) is 1. The highest BCUT2D eigenvalue weighted by atomic mass is 16.4. The summed E-state index contributed by atoms with van der Waals surface area (Å²) < 4.78 is 1.06. The second-order valence-electron chi connectivity index (χ2n) is 3.58. The van der Waals surface area contributed by atoms with Crippen molar-refractivity contribution in [1.29, 1.82) is 0 Å². The smallest absolute Gasteiger partial charge is 0.416 e. The number of hydrogen-bond donors (Lipinski definition) is 1. The highest BCUT2D eigenvalue weighted by Crippen LogP contribution is 2.29. The zero-order valence-corrected chi connectivity index (χ0v) is 9.17. The summed E-state index contributed by atoms with van der Waals surface area (Å²) in [6.07, 6.45) is 2.45. The van der Waals surface area contributed by atoms with E-state index < -0.39 is 6.09 Å². The maximum Gasteiger partial charge on any atom is 0.416 e. The molecule has 1 aromatic carbocycles. The first-order valence-electron chi connectivity index (χ1n) is 5.12. The average molecular weight is 230 g/mol. The van der Waals surface area contributed by atoms with E-state index in [4.69, 9.17) is 5.11 Å². The molecule has 17 heavy (non-hydrogen) atoms. The predicted molar refractivity (Wildman–Crippen MR) is 62.5 cm³/mol. The van der Waals surface area contributed by atoms with Gasteiger partial charge in [-0.25, -0.2) is 9.59 Å². The van der Waals surface area contributed by atoms with E-state index in [1.807, 2.05) is 13.0 Å². The first-order chi connectivity index (χ1) is 8.17. The maximum atomic E-state index is 11.1. The quantitative estimate of drug-likeness (QED) is 0.636. The van der Waals surface area contributed by atoms with Crippen molar-refractivity contribution < 1.29 is 14.7 Å². The van der Waals surface area contributed by atoms with Gasteiger partial charge in [-0.3, -0.25) is 4.57 Å². The van der Waals surface area contributed by atoms with Crippen molar-refractivity contribution in [3.05, 3.63) is 30.0 Å². The van der Waals surface area contributed by atoms with Gasteiger partial charge in [-0.15, -0.1) is 0 Å². The van der Waals surface area contributed by atoms with Crippen LogP contribution in [0.1, 0.15) is 12.5 Å². The molecule has 1 heterocycles. The summed E-state index contributed by atoms with van der Waals surface area (Å²) >= 11 is 0. The molecule has 0 unspecified atom stereocenters. The van der Waals surface area contributed by atoms with Crippen molar-refractivity contribution in [1.82, 2.24) is 4.57 Å². The van der Waals surface area contributed by atoms with Crippen LogP contribution in [0, 0.1) is 0 Å². The highest BCUT2D eigenvalue weighted by molar-refractivity contribution is 5.97. The van der Waals surface area contributed by atoms with Gasteiger partial charge in [0.2, 0.25) is 6.08 Å². The van der Waals surface area contributed by atoms with Crippen molar-refractivity contribution in [2.24, 2.45) is 4.99 Å². The maximum absolute atomic E-state index is 11.1. The van der Waals surface area contributed by atoms with Gasteiger partial charge in [0.15, 0.2) is 0 Å². The molecule has 0 aliphatic rings. The Hall–Kier alpha value is -2.39. The van der Waals surface area contributed by atoms with E-state index in [0.717, 1.165) is 16.6 Å². The van der Waals surface area contributed by atoms with Gasteiger partial charge in [-0.2, -0.15) is 4.99 Å². The molecule has 0 fully saturated rings. The Labute approximate surface area is 97.0 Å². The normalized spacial score (nSPS) is 10.2. The minimum Gasteiger partial charge on any atom is -0.464 e. The summed E-state index contributed by atoms with van der Waals surface area (Å²) in [4.78, 5) is 24.8. The molecule has 1 aromatic heterocycles. The minimum absolute atomic E-state index is 0.319. The van der Waals surface area contributed by atoms with Gasteiger partial charge in [0.1, 0.15) is 5.69 Å². The van der Waals surface area contributed by atoms with Gasteiger partial charge >= 0.3 is 6.09 Å². The fourth-order valence-electron chi connectivity index (χ4n) is 1.77. The number of fused-ring (bicyclic) bond motifs is 1. The topological polar surface area (TPSA) is 71.7 Å². The van der Waals surface area contributed by atoms with Crippen LogP contribution in [-0.4, -0.2) is 21.8 Å². The molecular weight excluding hydrogens is 220 g/mol. The standard InChI is InChI=1S/C12H10N2O3/c1-2-8-3-4-9-10(13-7-15)6-14(12(16)17)11(9)5-8/h3-6H,2H2,1H3,(H,16,17). The molecule has 0 radical (unpaired) electrons. The lowest BCUT2D eigenvalue weighted by Gasteiger charge is -2.00. The zero-order chi connectivity index (χ0) is 12.4. The molecule has 0 saturated heterocycles. The summed E-state index contributed by atoms with van der Waals surface area (Å²) in [7, 11) is 0. The van der Waals surface area contributed by atoms with E-state index in [-0.39, 0.29) is 0 Å². The lowest BCUT2D eigenvalue weighted by molar-refractivity contribution is 0.197. The molecule has 5 heteroatoms. The summed E-state index contributed by atoms with van der Waals surface area (Å²) in [5, 5.41) is 9.68. The monoisotopic (exact) mass is 230 g/mol. The summed E-state index contributed by atoms with van der Waals surface area (Å²) in [5.74, 6) is 0. The predicted octanol–water partition coefficient (Wildman–Crippen LogP) is 2.70. The summed E-state index contributed by atoms with van der Waals surface area (Å²) in [6.45, 7) is 1.99. The van der Waals surface area contributed by atoms with Crippen molar-refractivity contribution in [2.75, 3.05) is 0 Å². The van der Waals surface area contributed by atoms with E-state index >= 15 is 0 Å². The largest absolute Gasteiger partial charge is 0.464 e. The molecule has 0 spiro atoms. The van der Waals surface area contributed by atoms with Gasteiger partial charge in [-0.05, 0) is 18.1 Å². The Morgan fingerprint density at radius 1 is 1.53 bits per heavy atom. The van der Waals surface area contributed by atoms with Gasteiger partial charge in [0, 0.05) is 11.6 Å². The molecule has 0 saturated carbocycles. The lowest BCUT2D eigenvalue weighted by Crippen LogP contribution is -2.05. The number of aromatic nitrogens is 1. The number of benzene rings is 1. The number of aliphatic imine (C=N–C) groups is 1. The second-order valence-corrected chi connectivity index (χ2v) is 3.58. The molecular formula is C12H10N2O3. The van der Waals surface area contributed by atoms with Crippen molar-refractivity contribution in [3.8, 4) is 0 Å². The number of hydrogen-bond acceptors (Lipinski definition) is 3. The molecule has 0 atom stereocenters.